The van der Waals surface area contributed by atoms with Gasteiger partial charge in [0.05, 0.1) is 0 Å². The molecule has 0 aromatic heterocycles. The summed E-state index contributed by atoms with van der Waals surface area (Å²) in [6.45, 7) is 14.2. The van der Waals surface area contributed by atoms with Gasteiger partial charge in [0.1, 0.15) is 0 Å². The summed E-state index contributed by atoms with van der Waals surface area (Å²) in [6, 6.07) is 0.811. The Hall–Kier alpha value is -0.0400. The van der Waals surface area contributed by atoms with Crippen molar-refractivity contribution in [1.82, 2.24) is 4.90 Å². The van der Waals surface area contributed by atoms with Crippen LogP contribution < -0.4 is 0 Å². The summed E-state index contributed by atoms with van der Waals surface area (Å²) in [5.41, 5.74) is 0.485. The van der Waals surface area contributed by atoms with E-state index in [0.717, 1.165) is 12.0 Å². The molecule has 1 nitrogen and oxygen atoms in total. The smallest absolute Gasteiger partial charge is 0.00953 e. The van der Waals surface area contributed by atoms with Crippen LogP contribution in [0.3, 0.4) is 0 Å². The first-order valence-corrected chi connectivity index (χ1v) is 6.24. The summed E-state index contributed by atoms with van der Waals surface area (Å²) in [6.07, 6.45) is 4.20. The number of hydrogen-bond acceptors (Lipinski definition) is 1. The molecule has 1 rings (SSSR count). The predicted molar refractivity (Wildman–Crippen MR) is 63.5 cm³/mol. The van der Waals surface area contributed by atoms with E-state index in [1.807, 2.05) is 0 Å². The Morgan fingerprint density at radius 1 is 1.29 bits per heavy atom. The van der Waals surface area contributed by atoms with Gasteiger partial charge in [0.25, 0.3) is 0 Å². The average molecular weight is 197 g/mol. The average Bonchev–Trinajstić information content (AvgIpc) is 2.96. The maximum atomic E-state index is 2.67. The minimum atomic E-state index is 0.485. The van der Waals surface area contributed by atoms with Gasteiger partial charge in [0.15, 0.2) is 0 Å². The molecule has 0 aromatic rings. The molecular weight excluding hydrogens is 170 g/mol. The summed E-state index contributed by atoms with van der Waals surface area (Å²) in [4.78, 5) is 2.67. The van der Waals surface area contributed by atoms with E-state index in [-0.39, 0.29) is 0 Å². The number of hydrogen-bond donors (Lipinski definition) is 0. The first-order chi connectivity index (χ1) is 6.50. The summed E-state index contributed by atoms with van der Waals surface area (Å²) >= 11 is 0. The van der Waals surface area contributed by atoms with Crippen LogP contribution in [0.15, 0.2) is 0 Å². The fourth-order valence-corrected chi connectivity index (χ4v) is 2.08. The molecule has 0 aromatic carbocycles. The molecule has 84 valence electrons. The lowest BCUT2D eigenvalue weighted by atomic mass is 9.89. The van der Waals surface area contributed by atoms with E-state index in [4.69, 9.17) is 0 Å². The SMILES string of the molecule is CCN(CC(C)(C)CC)[C@H](C)C1CC1. The molecule has 0 heterocycles. The van der Waals surface area contributed by atoms with Gasteiger partial charge < -0.3 is 4.90 Å². The molecular formula is C13H27N. The largest absolute Gasteiger partial charge is 0.300 e. The Kier molecular flexibility index (Phi) is 4.00. The first-order valence-electron chi connectivity index (χ1n) is 6.24. The first kappa shape index (κ1) is 12.0. The molecule has 0 saturated heterocycles. The third-order valence-electron chi connectivity index (χ3n) is 3.87. The van der Waals surface area contributed by atoms with E-state index in [0.29, 0.717) is 5.41 Å². The molecule has 1 aliphatic rings. The van der Waals surface area contributed by atoms with E-state index < -0.39 is 0 Å². The topological polar surface area (TPSA) is 3.24 Å². The highest BCUT2D eigenvalue weighted by Crippen LogP contribution is 2.36. The summed E-state index contributed by atoms with van der Waals surface area (Å²) < 4.78 is 0. The van der Waals surface area contributed by atoms with E-state index >= 15 is 0 Å². The van der Waals surface area contributed by atoms with Gasteiger partial charge in [-0.3, -0.25) is 0 Å². The Bertz CT molecular complexity index is 170. The maximum Gasteiger partial charge on any atom is 0.00953 e. The Morgan fingerprint density at radius 3 is 2.21 bits per heavy atom. The van der Waals surface area contributed by atoms with Crippen LogP contribution in [0.2, 0.25) is 0 Å². The molecule has 0 bridgehead atoms. The third kappa shape index (κ3) is 3.27. The molecule has 1 atom stereocenters. The van der Waals surface area contributed by atoms with Crippen LogP contribution >= 0.6 is 0 Å². The molecule has 0 radical (unpaired) electrons. The molecule has 1 saturated carbocycles. The highest BCUT2D eigenvalue weighted by molar-refractivity contribution is 4.86. The van der Waals surface area contributed by atoms with Crippen molar-refractivity contribution < 1.29 is 0 Å². The van der Waals surface area contributed by atoms with Crippen molar-refractivity contribution in [2.45, 2.75) is 59.9 Å². The fourth-order valence-electron chi connectivity index (χ4n) is 2.08. The van der Waals surface area contributed by atoms with Gasteiger partial charge in [0, 0.05) is 12.6 Å². The van der Waals surface area contributed by atoms with Crippen molar-refractivity contribution in [1.29, 1.82) is 0 Å². The van der Waals surface area contributed by atoms with Crippen LogP contribution in [0, 0.1) is 11.3 Å². The van der Waals surface area contributed by atoms with E-state index in [1.54, 1.807) is 0 Å². The van der Waals surface area contributed by atoms with E-state index in [1.165, 1.54) is 32.4 Å². The summed E-state index contributed by atoms with van der Waals surface area (Å²) in [5.74, 6) is 1.00. The van der Waals surface area contributed by atoms with E-state index in [9.17, 15) is 0 Å². The van der Waals surface area contributed by atoms with Gasteiger partial charge in [-0.1, -0.05) is 27.7 Å². The lowest BCUT2D eigenvalue weighted by molar-refractivity contribution is 0.128. The second-order valence-electron chi connectivity index (χ2n) is 5.66. The fraction of sp³-hybridized carbons (Fsp3) is 1.00. The molecule has 0 spiro atoms. The van der Waals surface area contributed by atoms with Gasteiger partial charge in [0.2, 0.25) is 0 Å². The van der Waals surface area contributed by atoms with Crippen molar-refractivity contribution in [3.8, 4) is 0 Å². The molecule has 1 fully saturated rings. The van der Waals surface area contributed by atoms with Crippen molar-refractivity contribution in [3.05, 3.63) is 0 Å². The molecule has 0 N–H and O–H groups in total. The number of rotatable bonds is 6. The Labute approximate surface area is 89.9 Å². The van der Waals surface area contributed by atoms with Gasteiger partial charge in [-0.05, 0) is 44.1 Å². The zero-order valence-corrected chi connectivity index (χ0v) is 10.6. The second kappa shape index (κ2) is 4.65. The minimum absolute atomic E-state index is 0.485. The quantitative estimate of drug-likeness (QED) is 0.629. The van der Waals surface area contributed by atoms with Crippen LogP contribution in [0.5, 0.6) is 0 Å². The van der Waals surface area contributed by atoms with Gasteiger partial charge in [-0.25, -0.2) is 0 Å². The third-order valence-corrected chi connectivity index (χ3v) is 3.87. The van der Waals surface area contributed by atoms with Crippen LogP contribution in [0.4, 0.5) is 0 Å². The van der Waals surface area contributed by atoms with Crippen LogP contribution in [-0.4, -0.2) is 24.0 Å². The molecule has 1 aliphatic carbocycles. The zero-order chi connectivity index (χ0) is 10.8. The van der Waals surface area contributed by atoms with Crippen LogP contribution in [-0.2, 0) is 0 Å². The second-order valence-corrected chi connectivity index (χ2v) is 5.66. The van der Waals surface area contributed by atoms with E-state index in [2.05, 4.69) is 39.5 Å². The van der Waals surface area contributed by atoms with Crippen molar-refractivity contribution in [3.63, 3.8) is 0 Å². The van der Waals surface area contributed by atoms with Crippen molar-refractivity contribution in [2.75, 3.05) is 13.1 Å². The van der Waals surface area contributed by atoms with Crippen LogP contribution in [0.25, 0.3) is 0 Å². The molecule has 0 aliphatic heterocycles. The predicted octanol–water partition coefficient (Wildman–Crippen LogP) is 3.54. The van der Waals surface area contributed by atoms with Gasteiger partial charge >= 0.3 is 0 Å². The standard InChI is InChI=1S/C13H27N/c1-6-13(4,5)10-14(7-2)11(3)12-8-9-12/h11-12H,6-10H2,1-5H3/t11-/m1/s1. The Balaban J connectivity index is 2.44. The summed E-state index contributed by atoms with van der Waals surface area (Å²) in [5, 5.41) is 0. The maximum absolute atomic E-state index is 2.67. The van der Waals surface area contributed by atoms with Gasteiger partial charge in [-0.15, -0.1) is 0 Å². The monoisotopic (exact) mass is 197 g/mol. The van der Waals surface area contributed by atoms with Crippen LogP contribution in [0.1, 0.15) is 53.9 Å². The Morgan fingerprint density at radius 2 is 1.86 bits per heavy atom. The normalized spacial score (nSPS) is 20.1. The minimum Gasteiger partial charge on any atom is -0.300 e. The van der Waals surface area contributed by atoms with Crippen molar-refractivity contribution in [2.24, 2.45) is 11.3 Å². The highest BCUT2D eigenvalue weighted by Gasteiger charge is 2.33. The molecule has 1 heteroatoms. The zero-order valence-electron chi connectivity index (χ0n) is 10.6. The number of nitrogens with zero attached hydrogens (tertiary/aromatic N) is 1. The van der Waals surface area contributed by atoms with Crippen molar-refractivity contribution >= 4 is 0 Å². The molecule has 14 heavy (non-hydrogen) atoms. The lowest BCUT2D eigenvalue weighted by Crippen LogP contribution is -2.41. The summed E-state index contributed by atoms with van der Waals surface area (Å²) in [7, 11) is 0. The van der Waals surface area contributed by atoms with Gasteiger partial charge in [-0.2, -0.15) is 0 Å². The molecule has 0 amide bonds. The lowest BCUT2D eigenvalue weighted by Gasteiger charge is -2.35. The highest BCUT2D eigenvalue weighted by atomic mass is 15.2. The molecule has 0 unspecified atom stereocenters.